The summed E-state index contributed by atoms with van der Waals surface area (Å²) in [6.07, 6.45) is 8.84. The molecule has 2 aliphatic carbocycles. The van der Waals surface area contributed by atoms with Crippen LogP contribution in [0.4, 0.5) is 0 Å². The van der Waals surface area contributed by atoms with Crippen LogP contribution in [0.3, 0.4) is 0 Å². The molecule has 2 heterocycles. The average molecular weight is 293 g/mol. The fraction of sp³-hybridized carbons (Fsp3) is 0.733. The summed E-state index contributed by atoms with van der Waals surface area (Å²) in [6, 6.07) is 0. The third-order valence-electron chi connectivity index (χ3n) is 4.86. The molecule has 0 spiro atoms. The molecule has 108 valence electrons. The maximum absolute atomic E-state index is 12.2. The van der Waals surface area contributed by atoms with Crippen LogP contribution >= 0.6 is 11.3 Å². The van der Waals surface area contributed by atoms with E-state index in [1.807, 2.05) is 0 Å². The summed E-state index contributed by atoms with van der Waals surface area (Å²) in [4.78, 5) is 17.2. The van der Waals surface area contributed by atoms with E-state index in [1.165, 1.54) is 30.6 Å². The summed E-state index contributed by atoms with van der Waals surface area (Å²) < 4.78 is 11.3. The largest absolute Gasteiger partial charge is 0.458 e. The van der Waals surface area contributed by atoms with Crippen LogP contribution in [0.15, 0.2) is 6.20 Å². The van der Waals surface area contributed by atoms with Gasteiger partial charge in [-0.05, 0) is 50.4 Å². The second-order valence-corrected chi connectivity index (χ2v) is 7.25. The predicted molar refractivity (Wildman–Crippen MR) is 74.7 cm³/mol. The zero-order valence-electron chi connectivity index (χ0n) is 11.4. The average Bonchev–Trinajstić information content (AvgIpc) is 3.21. The van der Waals surface area contributed by atoms with Crippen molar-refractivity contribution < 1.29 is 14.3 Å². The van der Waals surface area contributed by atoms with Crippen molar-refractivity contribution in [2.24, 2.45) is 11.8 Å². The van der Waals surface area contributed by atoms with Crippen molar-refractivity contribution in [1.82, 2.24) is 4.98 Å². The molecular formula is C15H19NO3S. The third kappa shape index (κ3) is 2.27. The van der Waals surface area contributed by atoms with E-state index in [4.69, 9.17) is 9.47 Å². The molecule has 1 aromatic heterocycles. The Balaban J connectivity index is 1.41. The molecule has 3 aliphatic rings. The number of fused-ring (bicyclic) bond motifs is 2. The van der Waals surface area contributed by atoms with Gasteiger partial charge in [0.1, 0.15) is 22.1 Å². The lowest BCUT2D eigenvalue weighted by molar-refractivity contribution is 0.0164. The molecule has 3 fully saturated rings. The Morgan fingerprint density at radius 2 is 2.30 bits per heavy atom. The number of rotatable bonds is 3. The maximum Gasteiger partial charge on any atom is 0.350 e. The second-order valence-electron chi connectivity index (χ2n) is 6.18. The van der Waals surface area contributed by atoms with Crippen molar-refractivity contribution in [3.8, 4) is 0 Å². The third-order valence-corrected chi connectivity index (χ3v) is 5.93. The van der Waals surface area contributed by atoms with Crippen molar-refractivity contribution in [3.63, 3.8) is 0 Å². The van der Waals surface area contributed by atoms with Crippen molar-refractivity contribution in [2.45, 2.75) is 50.7 Å². The molecule has 20 heavy (non-hydrogen) atoms. The summed E-state index contributed by atoms with van der Waals surface area (Å²) in [5.74, 6) is 1.21. The number of hydrogen-bond acceptors (Lipinski definition) is 5. The van der Waals surface area contributed by atoms with Gasteiger partial charge in [-0.2, -0.15) is 0 Å². The fourth-order valence-electron chi connectivity index (χ4n) is 3.83. The van der Waals surface area contributed by atoms with E-state index in [2.05, 4.69) is 4.98 Å². The van der Waals surface area contributed by atoms with Crippen LogP contribution in [0.2, 0.25) is 0 Å². The number of carbonyl (C=O) groups excluding carboxylic acids is 1. The number of hydrogen-bond donors (Lipinski definition) is 0. The van der Waals surface area contributed by atoms with Gasteiger partial charge in [0.05, 0.1) is 6.20 Å². The van der Waals surface area contributed by atoms with Gasteiger partial charge in [-0.25, -0.2) is 9.78 Å². The zero-order valence-corrected chi connectivity index (χ0v) is 12.2. The number of carbonyl (C=O) groups is 1. The summed E-state index contributed by atoms with van der Waals surface area (Å²) in [7, 11) is 0. The molecule has 0 radical (unpaired) electrons. The molecule has 4 nitrogen and oxygen atoms in total. The zero-order chi connectivity index (χ0) is 13.5. The maximum atomic E-state index is 12.2. The first kappa shape index (κ1) is 12.8. The fourth-order valence-corrected chi connectivity index (χ4v) is 4.71. The minimum absolute atomic E-state index is 0.0871. The minimum Gasteiger partial charge on any atom is -0.458 e. The number of nitrogens with zero attached hydrogens (tertiary/aromatic N) is 1. The molecule has 4 rings (SSSR count). The van der Waals surface area contributed by atoms with E-state index in [0.717, 1.165) is 36.8 Å². The number of esters is 1. The molecule has 2 bridgehead atoms. The molecule has 0 amide bonds. The first-order valence-electron chi connectivity index (χ1n) is 7.58. The number of ether oxygens (including phenoxy) is 2. The van der Waals surface area contributed by atoms with Crippen LogP contribution in [0, 0.1) is 11.8 Å². The summed E-state index contributed by atoms with van der Waals surface area (Å²) in [5.41, 5.74) is 0. The standard InChI is InChI=1S/C15H19NO3S/c17-15(19-12-7-9-3-4-10(12)6-9)13-8-16-14(20-13)11-2-1-5-18-11/h8-12H,1-7H2/t9-,10-,11+,12-/m0/s1. The lowest BCUT2D eigenvalue weighted by atomic mass is 9.98. The molecule has 0 aromatic carbocycles. The molecule has 4 atom stereocenters. The molecule has 5 heteroatoms. The Morgan fingerprint density at radius 1 is 1.35 bits per heavy atom. The second kappa shape index (κ2) is 5.11. The monoisotopic (exact) mass is 293 g/mol. The van der Waals surface area contributed by atoms with Gasteiger partial charge in [0.15, 0.2) is 0 Å². The molecule has 1 aromatic rings. The van der Waals surface area contributed by atoms with Crippen LogP contribution in [0.25, 0.3) is 0 Å². The van der Waals surface area contributed by atoms with Gasteiger partial charge in [0.2, 0.25) is 0 Å². The highest BCUT2D eigenvalue weighted by Gasteiger charge is 2.42. The van der Waals surface area contributed by atoms with Crippen LogP contribution in [-0.2, 0) is 9.47 Å². The van der Waals surface area contributed by atoms with Crippen molar-refractivity contribution in [3.05, 3.63) is 16.1 Å². The lowest BCUT2D eigenvalue weighted by Crippen LogP contribution is -2.23. The van der Waals surface area contributed by atoms with Crippen LogP contribution < -0.4 is 0 Å². The van der Waals surface area contributed by atoms with E-state index in [0.29, 0.717) is 10.8 Å². The highest BCUT2D eigenvalue weighted by atomic mass is 32.1. The van der Waals surface area contributed by atoms with Gasteiger partial charge >= 0.3 is 5.97 Å². The smallest absolute Gasteiger partial charge is 0.350 e. The minimum atomic E-state index is -0.190. The van der Waals surface area contributed by atoms with Crippen LogP contribution in [0.5, 0.6) is 0 Å². The Hall–Kier alpha value is -0.940. The Bertz CT molecular complexity index is 509. The van der Waals surface area contributed by atoms with Crippen molar-refractivity contribution >= 4 is 17.3 Å². The highest BCUT2D eigenvalue weighted by Crippen LogP contribution is 2.46. The van der Waals surface area contributed by atoms with E-state index in [1.54, 1.807) is 6.20 Å². The summed E-state index contributed by atoms with van der Waals surface area (Å²) in [5, 5.41) is 0.919. The van der Waals surface area contributed by atoms with Gasteiger partial charge in [0.25, 0.3) is 0 Å². The molecule has 2 saturated carbocycles. The Labute approximate surface area is 122 Å². The Morgan fingerprint density at radius 3 is 3.00 bits per heavy atom. The van der Waals surface area contributed by atoms with Gasteiger partial charge in [-0.3, -0.25) is 0 Å². The Kier molecular flexibility index (Phi) is 3.27. The number of thiazole rings is 1. The van der Waals surface area contributed by atoms with E-state index >= 15 is 0 Å². The quantitative estimate of drug-likeness (QED) is 0.802. The molecular weight excluding hydrogens is 274 g/mol. The van der Waals surface area contributed by atoms with Crippen molar-refractivity contribution in [2.75, 3.05) is 6.61 Å². The first-order valence-corrected chi connectivity index (χ1v) is 8.39. The molecule has 0 N–H and O–H groups in total. The normalized spacial score (nSPS) is 35.6. The lowest BCUT2D eigenvalue weighted by Gasteiger charge is -2.21. The number of aromatic nitrogens is 1. The van der Waals surface area contributed by atoms with Crippen LogP contribution in [-0.4, -0.2) is 23.7 Å². The SMILES string of the molecule is O=C(O[C@H]1C[C@H]2CC[C@H]1C2)c1cnc([C@H]2CCCO2)s1. The highest BCUT2D eigenvalue weighted by molar-refractivity contribution is 7.13. The first-order chi connectivity index (χ1) is 9.79. The van der Waals surface area contributed by atoms with Gasteiger partial charge in [-0.1, -0.05) is 0 Å². The summed E-state index contributed by atoms with van der Waals surface area (Å²) >= 11 is 1.43. The van der Waals surface area contributed by atoms with Gasteiger partial charge in [0, 0.05) is 6.61 Å². The van der Waals surface area contributed by atoms with Crippen LogP contribution in [0.1, 0.15) is 59.3 Å². The predicted octanol–water partition coefficient (Wildman–Crippen LogP) is 3.34. The molecule has 1 aliphatic heterocycles. The van der Waals surface area contributed by atoms with Gasteiger partial charge in [-0.15, -0.1) is 11.3 Å². The molecule has 0 unspecified atom stereocenters. The summed E-state index contributed by atoms with van der Waals surface area (Å²) in [6.45, 7) is 0.801. The van der Waals surface area contributed by atoms with Gasteiger partial charge < -0.3 is 9.47 Å². The van der Waals surface area contributed by atoms with E-state index < -0.39 is 0 Å². The molecule has 1 saturated heterocycles. The van der Waals surface area contributed by atoms with E-state index in [9.17, 15) is 4.79 Å². The van der Waals surface area contributed by atoms with E-state index in [-0.39, 0.29) is 18.2 Å². The topological polar surface area (TPSA) is 48.4 Å². The van der Waals surface area contributed by atoms with Crippen molar-refractivity contribution in [1.29, 1.82) is 0 Å².